The standard InChI is InChI=1S/C60H113NO10/c1-3-5-7-9-11-13-15-17-19-20-21-22-23-24-25-26-27-28-29-30-31-32-33-34-36-37-39-41-43-45-47-52(63)55(65)51(50-70-60-58(68)57(67)56(66)54(49-62)71-60)61-59(69)53(64)48-46-44-42-40-38-35-18-16-14-12-10-8-6-4-2/h14,16,33-34,39,41,51-58,60,62-68H,3-13,15,17-32,35-38,40,42-50H2,1-2H3,(H,61,69)/b16-14-,34-33+,41-39+. The van der Waals surface area contributed by atoms with Crippen LogP contribution in [0.4, 0.5) is 0 Å². The number of carbonyl (C=O) groups excluding carboxylic acids is 1. The Morgan fingerprint density at radius 1 is 0.479 bits per heavy atom. The molecule has 1 amide bonds. The lowest BCUT2D eigenvalue weighted by Gasteiger charge is -2.40. The molecule has 418 valence electrons. The van der Waals surface area contributed by atoms with Gasteiger partial charge in [-0.15, -0.1) is 0 Å². The SMILES string of the molecule is CCCCCC/C=C\CCCCCCCCC(O)C(=O)NC(COC1OC(CO)C(O)C(O)C1O)C(O)C(O)CCC/C=C/CC/C=C/CCCCCCCCCCCCCCCCCCCCCCC. The largest absolute Gasteiger partial charge is 0.394 e. The summed E-state index contributed by atoms with van der Waals surface area (Å²) in [5.74, 6) is -0.715. The van der Waals surface area contributed by atoms with Gasteiger partial charge < -0.3 is 50.5 Å². The summed E-state index contributed by atoms with van der Waals surface area (Å²) < 4.78 is 11.1. The van der Waals surface area contributed by atoms with Crippen LogP contribution in [-0.4, -0.2) is 110 Å². The quantitative estimate of drug-likeness (QED) is 0.0215. The van der Waals surface area contributed by atoms with Crippen molar-refractivity contribution in [3.05, 3.63) is 36.5 Å². The summed E-state index contributed by atoms with van der Waals surface area (Å²) >= 11 is 0. The van der Waals surface area contributed by atoms with Gasteiger partial charge in [-0.25, -0.2) is 0 Å². The third-order valence-electron chi connectivity index (χ3n) is 14.4. The van der Waals surface area contributed by atoms with Crippen molar-refractivity contribution in [3.8, 4) is 0 Å². The van der Waals surface area contributed by atoms with Gasteiger partial charge in [-0.1, -0.05) is 230 Å². The van der Waals surface area contributed by atoms with Crippen LogP contribution >= 0.6 is 0 Å². The number of allylic oxidation sites excluding steroid dienone is 6. The Morgan fingerprint density at radius 3 is 1.27 bits per heavy atom. The third-order valence-corrected chi connectivity index (χ3v) is 14.4. The molecule has 1 rings (SSSR count). The molecule has 0 aliphatic carbocycles. The molecule has 1 aliphatic heterocycles. The highest BCUT2D eigenvalue weighted by atomic mass is 16.7. The van der Waals surface area contributed by atoms with E-state index < -0.39 is 74.2 Å². The average Bonchev–Trinajstić information content (AvgIpc) is 3.37. The van der Waals surface area contributed by atoms with Crippen LogP contribution in [0.5, 0.6) is 0 Å². The van der Waals surface area contributed by atoms with E-state index in [1.165, 1.54) is 161 Å². The van der Waals surface area contributed by atoms with E-state index in [1.54, 1.807) is 0 Å². The lowest BCUT2D eigenvalue weighted by molar-refractivity contribution is -0.303. The van der Waals surface area contributed by atoms with E-state index in [2.05, 4.69) is 55.6 Å². The fourth-order valence-electron chi connectivity index (χ4n) is 9.51. The summed E-state index contributed by atoms with van der Waals surface area (Å²) in [7, 11) is 0. The average molecular weight is 1010 g/mol. The Balaban J connectivity index is 2.27. The Labute approximate surface area is 435 Å². The second kappa shape index (κ2) is 49.2. The molecule has 0 saturated carbocycles. The van der Waals surface area contributed by atoms with Crippen LogP contribution in [0.15, 0.2) is 36.5 Å². The zero-order chi connectivity index (χ0) is 51.8. The molecule has 0 aromatic rings. The molecular weight excluding hydrogens is 895 g/mol. The molecule has 1 heterocycles. The first-order chi connectivity index (χ1) is 34.7. The molecule has 71 heavy (non-hydrogen) atoms. The topological polar surface area (TPSA) is 189 Å². The maximum atomic E-state index is 13.1. The van der Waals surface area contributed by atoms with Crippen LogP contribution in [-0.2, 0) is 14.3 Å². The van der Waals surface area contributed by atoms with Crippen molar-refractivity contribution >= 4 is 5.91 Å². The first-order valence-electron chi connectivity index (χ1n) is 29.9. The first-order valence-corrected chi connectivity index (χ1v) is 29.9. The van der Waals surface area contributed by atoms with Crippen molar-refractivity contribution in [2.24, 2.45) is 0 Å². The van der Waals surface area contributed by atoms with E-state index in [-0.39, 0.29) is 12.8 Å². The maximum absolute atomic E-state index is 13.1. The van der Waals surface area contributed by atoms with Gasteiger partial charge in [-0.2, -0.15) is 0 Å². The Hall–Kier alpha value is -1.67. The van der Waals surface area contributed by atoms with Gasteiger partial charge in [0.1, 0.15) is 36.6 Å². The second-order valence-corrected chi connectivity index (χ2v) is 21.0. The highest BCUT2D eigenvalue weighted by molar-refractivity contribution is 5.80. The fourth-order valence-corrected chi connectivity index (χ4v) is 9.51. The highest BCUT2D eigenvalue weighted by Gasteiger charge is 2.44. The van der Waals surface area contributed by atoms with Crippen molar-refractivity contribution < 1.29 is 50.0 Å². The zero-order valence-electron chi connectivity index (χ0n) is 45.7. The second-order valence-electron chi connectivity index (χ2n) is 21.0. The van der Waals surface area contributed by atoms with Crippen molar-refractivity contribution in [1.29, 1.82) is 0 Å². The van der Waals surface area contributed by atoms with Gasteiger partial charge in [0.15, 0.2) is 6.29 Å². The van der Waals surface area contributed by atoms with E-state index in [4.69, 9.17) is 9.47 Å². The van der Waals surface area contributed by atoms with Gasteiger partial charge in [0.2, 0.25) is 5.91 Å². The molecule has 0 aromatic carbocycles. The van der Waals surface area contributed by atoms with Crippen LogP contribution < -0.4 is 5.32 Å². The molecule has 1 saturated heterocycles. The van der Waals surface area contributed by atoms with Gasteiger partial charge in [0.25, 0.3) is 0 Å². The molecule has 0 aromatic heterocycles. The number of hydrogen-bond acceptors (Lipinski definition) is 10. The summed E-state index contributed by atoms with van der Waals surface area (Å²) in [6, 6.07) is -1.19. The van der Waals surface area contributed by atoms with Crippen LogP contribution in [0.2, 0.25) is 0 Å². The predicted molar refractivity (Wildman–Crippen MR) is 293 cm³/mol. The number of nitrogens with one attached hydrogen (secondary N) is 1. The van der Waals surface area contributed by atoms with Crippen molar-refractivity contribution in [2.75, 3.05) is 13.2 Å². The number of ether oxygens (including phenoxy) is 2. The summed E-state index contributed by atoms with van der Waals surface area (Å²) in [6.45, 7) is 3.43. The molecule has 11 nitrogen and oxygen atoms in total. The van der Waals surface area contributed by atoms with Crippen LogP contribution in [0.25, 0.3) is 0 Å². The Kier molecular flexibility index (Phi) is 46.7. The molecule has 9 unspecified atom stereocenters. The Morgan fingerprint density at radius 2 is 0.845 bits per heavy atom. The van der Waals surface area contributed by atoms with E-state index in [0.29, 0.717) is 19.3 Å². The van der Waals surface area contributed by atoms with Crippen LogP contribution in [0.1, 0.15) is 271 Å². The van der Waals surface area contributed by atoms with Gasteiger partial charge in [-0.3, -0.25) is 4.79 Å². The van der Waals surface area contributed by atoms with E-state index in [0.717, 1.165) is 64.2 Å². The minimum atomic E-state index is -1.67. The minimum absolute atomic E-state index is 0.243. The molecule has 1 aliphatic rings. The summed E-state index contributed by atoms with van der Waals surface area (Å²) in [5, 5.41) is 76.0. The summed E-state index contributed by atoms with van der Waals surface area (Å²) in [6.07, 6.45) is 49.4. The highest BCUT2D eigenvalue weighted by Crippen LogP contribution is 2.23. The minimum Gasteiger partial charge on any atom is -0.394 e. The molecule has 1 fully saturated rings. The molecule has 8 N–H and O–H groups in total. The van der Waals surface area contributed by atoms with Crippen LogP contribution in [0.3, 0.4) is 0 Å². The Bertz CT molecular complexity index is 1250. The lowest BCUT2D eigenvalue weighted by atomic mass is 9.98. The molecule has 9 atom stereocenters. The summed E-state index contributed by atoms with van der Waals surface area (Å²) in [5.41, 5.74) is 0. The van der Waals surface area contributed by atoms with Crippen molar-refractivity contribution in [1.82, 2.24) is 5.32 Å². The van der Waals surface area contributed by atoms with E-state index in [1.807, 2.05) is 0 Å². The number of rotatable bonds is 51. The maximum Gasteiger partial charge on any atom is 0.249 e. The fraction of sp³-hybridized carbons (Fsp3) is 0.883. The van der Waals surface area contributed by atoms with E-state index in [9.17, 15) is 40.5 Å². The number of unbranched alkanes of at least 4 members (excludes halogenated alkanes) is 33. The van der Waals surface area contributed by atoms with Gasteiger partial charge >= 0.3 is 0 Å². The molecular formula is C60H113NO10. The number of aliphatic hydroxyl groups excluding tert-OH is 7. The number of hydrogen-bond donors (Lipinski definition) is 8. The van der Waals surface area contributed by atoms with Crippen LogP contribution in [0, 0.1) is 0 Å². The lowest BCUT2D eigenvalue weighted by Crippen LogP contribution is -2.60. The normalized spacial score (nSPS) is 20.4. The monoisotopic (exact) mass is 1010 g/mol. The van der Waals surface area contributed by atoms with Gasteiger partial charge in [0, 0.05) is 0 Å². The molecule has 0 bridgehead atoms. The summed E-state index contributed by atoms with van der Waals surface area (Å²) in [4.78, 5) is 13.1. The van der Waals surface area contributed by atoms with Gasteiger partial charge in [0.05, 0.1) is 25.4 Å². The van der Waals surface area contributed by atoms with E-state index >= 15 is 0 Å². The van der Waals surface area contributed by atoms with Crippen molar-refractivity contribution in [3.63, 3.8) is 0 Å². The number of aliphatic hydroxyl groups is 7. The molecule has 0 spiro atoms. The zero-order valence-corrected chi connectivity index (χ0v) is 45.7. The predicted octanol–water partition coefficient (Wildman–Crippen LogP) is 12.7. The number of carbonyl (C=O) groups is 1. The first kappa shape index (κ1) is 67.3. The van der Waals surface area contributed by atoms with Gasteiger partial charge in [-0.05, 0) is 77.0 Å². The molecule has 11 heteroatoms. The third kappa shape index (κ3) is 37.7. The molecule has 0 radical (unpaired) electrons. The number of amides is 1. The smallest absolute Gasteiger partial charge is 0.249 e. The van der Waals surface area contributed by atoms with Crippen molar-refractivity contribution in [2.45, 2.75) is 326 Å².